The van der Waals surface area contributed by atoms with Gasteiger partial charge in [-0.05, 0) is 46.6 Å². The quantitative estimate of drug-likeness (QED) is 0.794. The Bertz CT molecular complexity index is 551. The van der Waals surface area contributed by atoms with E-state index in [1.54, 1.807) is 19.1 Å². The fraction of sp³-hybridized carbons (Fsp3) is 0.0909. The third kappa shape index (κ3) is 1.90. The molecule has 0 saturated heterocycles. The lowest BCUT2D eigenvalue weighted by molar-refractivity contribution is 0.111. The number of hydrogen-bond acceptors (Lipinski definition) is 2. The van der Waals surface area contributed by atoms with Gasteiger partial charge in [0.1, 0.15) is 16.1 Å². The average Bonchev–Trinajstić information content (AvgIpc) is 2.59. The first kappa shape index (κ1) is 11.0. The number of nitrogens with zero attached hydrogens (tertiary/aromatic N) is 2. The largest absolute Gasteiger partial charge is 0.296 e. The molecule has 0 aliphatic heterocycles. The van der Waals surface area contributed by atoms with Gasteiger partial charge in [0.05, 0.1) is 5.69 Å². The molecule has 2 aromatic rings. The second-order valence-corrected chi connectivity index (χ2v) is 4.16. The highest BCUT2D eigenvalue weighted by molar-refractivity contribution is 9.10. The van der Waals surface area contributed by atoms with Crippen molar-refractivity contribution >= 4 is 22.2 Å². The molecular weight excluding hydrogens is 275 g/mol. The monoisotopic (exact) mass is 282 g/mol. The highest BCUT2D eigenvalue weighted by Crippen LogP contribution is 2.19. The first-order chi connectivity index (χ1) is 7.61. The predicted molar refractivity (Wildman–Crippen MR) is 61.3 cm³/mol. The number of aldehydes is 1. The Morgan fingerprint density at radius 2 is 2.19 bits per heavy atom. The van der Waals surface area contributed by atoms with E-state index in [1.807, 2.05) is 0 Å². The van der Waals surface area contributed by atoms with Crippen LogP contribution in [0.15, 0.2) is 28.9 Å². The summed E-state index contributed by atoms with van der Waals surface area (Å²) in [5.74, 6) is -0.305. The van der Waals surface area contributed by atoms with Crippen LogP contribution in [-0.4, -0.2) is 16.1 Å². The first-order valence-corrected chi connectivity index (χ1v) is 5.38. The Hall–Kier alpha value is -1.49. The van der Waals surface area contributed by atoms with Crippen LogP contribution in [0.1, 0.15) is 16.1 Å². The van der Waals surface area contributed by atoms with Crippen LogP contribution in [-0.2, 0) is 0 Å². The molecular formula is C11H8BrFN2O. The smallest absolute Gasteiger partial charge is 0.168 e. The van der Waals surface area contributed by atoms with E-state index in [2.05, 4.69) is 21.0 Å². The summed E-state index contributed by atoms with van der Waals surface area (Å²) in [4.78, 5) is 10.8. The summed E-state index contributed by atoms with van der Waals surface area (Å²) in [6, 6.07) is 5.94. The van der Waals surface area contributed by atoms with Crippen LogP contribution in [0.25, 0.3) is 5.69 Å². The van der Waals surface area contributed by atoms with Crippen molar-refractivity contribution in [2.45, 2.75) is 6.92 Å². The van der Waals surface area contributed by atoms with Crippen molar-refractivity contribution < 1.29 is 9.18 Å². The summed E-state index contributed by atoms with van der Waals surface area (Å²) in [5.41, 5.74) is 1.83. The SMILES string of the molecule is Cc1cc(F)ccc1-n1nc(Br)cc1C=O. The van der Waals surface area contributed by atoms with E-state index in [1.165, 1.54) is 16.8 Å². The van der Waals surface area contributed by atoms with Gasteiger partial charge in [-0.3, -0.25) is 4.79 Å². The molecule has 1 aromatic carbocycles. The Morgan fingerprint density at radius 3 is 2.81 bits per heavy atom. The molecule has 1 heterocycles. The molecule has 0 N–H and O–H groups in total. The van der Waals surface area contributed by atoms with Crippen molar-refractivity contribution in [3.8, 4) is 5.69 Å². The van der Waals surface area contributed by atoms with E-state index in [4.69, 9.17) is 0 Å². The molecule has 0 fully saturated rings. The minimum absolute atomic E-state index is 0.305. The lowest BCUT2D eigenvalue weighted by Crippen LogP contribution is -2.03. The van der Waals surface area contributed by atoms with Crippen molar-refractivity contribution in [3.05, 3.63) is 45.9 Å². The fourth-order valence-corrected chi connectivity index (χ4v) is 1.89. The third-order valence-corrected chi connectivity index (χ3v) is 2.60. The van der Waals surface area contributed by atoms with E-state index in [-0.39, 0.29) is 5.82 Å². The molecule has 0 aliphatic rings. The number of halogens is 2. The van der Waals surface area contributed by atoms with Crippen LogP contribution in [0.5, 0.6) is 0 Å². The highest BCUT2D eigenvalue weighted by atomic mass is 79.9. The summed E-state index contributed by atoms with van der Waals surface area (Å²) in [5, 5.41) is 4.12. The van der Waals surface area contributed by atoms with Crippen LogP contribution in [0.4, 0.5) is 4.39 Å². The number of rotatable bonds is 2. The Labute approximate surface area is 100 Å². The van der Waals surface area contributed by atoms with Gasteiger partial charge in [0.15, 0.2) is 6.29 Å². The Morgan fingerprint density at radius 1 is 1.44 bits per heavy atom. The van der Waals surface area contributed by atoms with Gasteiger partial charge in [-0.1, -0.05) is 0 Å². The van der Waals surface area contributed by atoms with Gasteiger partial charge in [0, 0.05) is 6.07 Å². The predicted octanol–water partition coefficient (Wildman–Crippen LogP) is 2.89. The summed E-state index contributed by atoms with van der Waals surface area (Å²) in [6.45, 7) is 1.77. The van der Waals surface area contributed by atoms with Crippen LogP contribution >= 0.6 is 15.9 Å². The molecule has 0 spiro atoms. The van der Waals surface area contributed by atoms with Crippen LogP contribution in [0, 0.1) is 12.7 Å². The molecule has 82 valence electrons. The molecule has 0 radical (unpaired) electrons. The van der Waals surface area contributed by atoms with Crippen molar-refractivity contribution in [1.82, 2.24) is 9.78 Å². The summed E-state index contributed by atoms with van der Waals surface area (Å²) in [6.07, 6.45) is 0.709. The zero-order valence-electron chi connectivity index (χ0n) is 8.45. The molecule has 2 rings (SSSR count). The van der Waals surface area contributed by atoms with E-state index in [9.17, 15) is 9.18 Å². The molecule has 1 aromatic heterocycles. The van der Waals surface area contributed by atoms with Crippen LogP contribution in [0.3, 0.4) is 0 Å². The molecule has 0 bridgehead atoms. The molecule has 0 amide bonds. The van der Waals surface area contributed by atoms with E-state index in [0.717, 1.165) is 5.56 Å². The molecule has 0 unspecified atom stereocenters. The second-order valence-electron chi connectivity index (χ2n) is 3.35. The Balaban J connectivity index is 2.62. The lowest BCUT2D eigenvalue weighted by atomic mass is 10.2. The molecule has 5 heteroatoms. The van der Waals surface area contributed by atoms with Crippen molar-refractivity contribution in [3.63, 3.8) is 0 Å². The standard InChI is InChI=1S/C11H8BrFN2O/c1-7-4-8(13)2-3-10(7)15-9(6-16)5-11(12)14-15/h2-6H,1H3. The van der Waals surface area contributed by atoms with Gasteiger partial charge < -0.3 is 0 Å². The number of hydrogen-bond donors (Lipinski definition) is 0. The molecule has 0 saturated carbocycles. The first-order valence-electron chi connectivity index (χ1n) is 4.59. The topological polar surface area (TPSA) is 34.9 Å². The number of aryl methyl sites for hydroxylation is 1. The summed E-state index contributed by atoms with van der Waals surface area (Å²) in [7, 11) is 0. The van der Waals surface area contributed by atoms with Gasteiger partial charge in [0.25, 0.3) is 0 Å². The second kappa shape index (κ2) is 4.17. The maximum Gasteiger partial charge on any atom is 0.168 e. The van der Waals surface area contributed by atoms with Crippen molar-refractivity contribution in [2.24, 2.45) is 0 Å². The maximum absolute atomic E-state index is 12.9. The van der Waals surface area contributed by atoms with Crippen molar-refractivity contribution in [1.29, 1.82) is 0 Å². The normalized spacial score (nSPS) is 10.4. The van der Waals surface area contributed by atoms with Crippen LogP contribution in [0.2, 0.25) is 0 Å². The third-order valence-electron chi connectivity index (χ3n) is 2.21. The molecule has 16 heavy (non-hydrogen) atoms. The van der Waals surface area contributed by atoms with Gasteiger partial charge in [-0.15, -0.1) is 0 Å². The zero-order chi connectivity index (χ0) is 11.7. The maximum atomic E-state index is 12.9. The number of carbonyl (C=O) groups excluding carboxylic acids is 1. The van der Waals surface area contributed by atoms with Gasteiger partial charge in [0.2, 0.25) is 0 Å². The Kier molecular flexibility index (Phi) is 2.87. The number of benzene rings is 1. The van der Waals surface area contributed by atoms with Gasteiger partial charge >= 0.3 is 0 Å². The highest BCUT2D eigenvalue weighted by Gasteiger charge is 2.09. The van der Waals surface area contributed by atoms with E-state index < -0.39 is 0 Å². The van der Waals surface area contributed by atoms with E-state index >= 15 is 0 Å². The van der Waals surface area contributed by atoms with Gasteiger partial charge in [-0.2, -0.15) is 5.10 Å². The minimum atomic E-state index is -0.305. The van der Waals surface area contributed by atoms with Crippen LogP contribution < -0.4 is 0 Å². The summed E-state index contributed by atoms with van der Waals surface area (Å²) < 4.78 is 15.0. The number of carbonyl (C=O) groups is 1. The van der Waals surface area contributed by atoms with Gasteiger partial charge in [-0.25, -0.2) is 9.07 Å². The molecule has 0 atom stereocenters. The summed E-state index contributed by atoms with van der Waals surface area (Å²) >= 11 is 3.20. The lowest BCUT2D eigenvalue weighted by Gasteiger charge is -2.06. The molecule has 3 nitrogen and oxygen atoms in total. The fourth-order valence-electron chi connectivity index (χ4n) is 1.50. The minimum Gasteiger partial charge on any atom is -0.296 e. The zero-order valence-corrected chi connectivity index (χ0v) is 10.0. The average molecular weight is 283 g/mol. The molecule has 0 aliphatic carbocycles. The van der Waals surface area contributed by atoms with E-state index in [0.29, 0.717) is 22.3 Å². The number of aromatic nitrogens is 2. The van der Waals surface area contributed by atoms with Crippen molar-refractivity contribution in [2.75, 3.05) is 0 Å².